The normalized spacial score (nSPS) is 10.8. The highest BCUT2D eigenvalue weighted by Gasteiger charge is 2.09. The van der Waals surface area contributed by atoms with Crippen molar-refractivity contribution < 1.29 is 0 Å². The minimum atomic E-state index is 0.468. The van der Waals surface area contributed by atoms with Gasteiger partial charge in [-0.25, -0.2) is 14.5 Å². The van der Waals surface area contributed by atoms with Gasteiger partial charge in [0.1, 0.15) is 21.4 Å². The van der Waals surface area contributed by atoms with Crippen molar-refractivity contribution in [2.45, 2.75) is 6.92 Å². The largest absolute Gasteiger partial charge is 0.382 e. The van der Waals surface area contributed by atoms with Gasteiger partial charge in [-0.3, -0.25) is 0 Å². The summed E-state index contributed by atoms with van der Waals surface area (Å²) in [7, 11) is 0. The molecule has 2 aromatic heterocycles. The van der Waals surface area contributed by atoms with Gasteiger partial charge in [0.15, 0.2) is 5.82 Å². The number of nitrogens with two attached hydrogens (primary N) is 1. The molecule has 0 saturated carbocycles. The Bertz CT molecular complexity index is 435. The Kier molecular flexibility index (Phi) is 1.63. The molecule has 0 aliphatic carbocycles. The summed E-state index contributed by atoms with van der Waals surface area (Å²) in [5.74, 6) is 1.29. The van der Waals surface area contributed by atoms with Crippen LogP contribution < -0.4 is 5.73 Å². The van der Waals surface area contributed by atoms with Crippen molar-refractivity contribution in [2.24, 2.45) is 0 Å². The monoisotopic (exact) mass is 275 g/mol. The molecule has 0 atom stereocenters. The first-order valence-corrected chi connectivity index (χ1v) is 4.39. The Balaban J connectivity index is 2.99. The Morgan fingerprint density at radius 1 is 1.58 bits per heavy atom. The van der Waals surface area contributed by atoms with Crippen LogP contribution in [0.4, 0.5) is 5.82 Å². The zero-order valence-corrected chi connectivity index (χ0v) is 8.48. The molecule has 0 aliphatic heterocycles. The summed E-state index contributed by atoms with van der Waals surface area (Å²) < 4.78 is 2.52. The van der Waals surface area contributed by atoms with E-state index in [2.05, 4.69) is 37.7 Å². The van der Waals surface area contributed by atoms with E-state index in [1.165, 1.54) is 6.33 Å². The third-order valence-electron chi connectivity index (χ3n) is 1.58. The van der Waals surface area contributed by atoms with Crippen molar-refractivity contribution >= 4 is 33.9 Å². The molecule has 62 valence electrons. The molecule has 2 heterocycles. The van der Waals surface area contributed by atoms with Gasteiger partial charge in [-0.2, -0.15) is 5.10 Å². The molecule has 2 N–H and O–H groups in total. The quantitative estimate of drug-likeness (QED) is 0.715. The van der Waals surface area contributed by atoms with Gasteiger partial charge in [0, 0.05) is 0 Å². The third kappa shape index (κ3) is 0.942. The fourth-order valence-corrected chi connectivity index (χ4v) is 1.90. The average molecular weight is 275 g/mol. The lowest BCUT2D eigenvalue weighted by Gasteiger charge is -1.95. The molecule has 0 fully saturated rings. The average Bonchev–Trinajstić information content (AvgIpc) is 2.29. The number of aromatic nitrogens is 4. The standard InChI is InChI=1S/C6H6IN5/c1-3-11-5(7)4-6(8)9-2-10-12(3)4/h2H,1H3,(H2,8,9,10). The van der Waals surface area contributed by atoms with Crippen molar-refractivity contribution in [3.63, 3.8) is 0 Å². The van der Waals surface area contributed by atoms with Gasteiger partial charge in [-0.1, -0.05) is 0 Å². The van der Waals surface area contributed by atoms with E-state index in [0.717, 1.165) is 15.0 Å². The van der Waals surface area contributed by atoms with Crippen LogP contribution in [0.3, 0.4) is 0 Å². The lowest BCUT2D eigenvalue weighted by atomic mass is 10.5. The van der Waals surface area contributed by atoms with Gasteiger partial charge in [-0.15, -0.1) is 0 Å². The lowest BCUT2D eigenvalue weighted by molar-refractivity contribution is 0.855. The van der Waals surface area contributed by atoms with Crippen LogP contribution in [0, 0.1) is 10.6 Å². The summed E-state index contributed by atoms with van der Waals surface area (Å²) in [4.78, 5) is 8.10. The molecule has 12 heavy (non-hydrogen) atoms. The first-order valence-electron chi connectivity index (χ1n) is 3.31. The minimum absolute atomic E-state index is 0.468. The molecule has 0 aromatic carbocycles. The number of aryl methyl sites for hydroxylation is 1. The predicted octanol–water partition coefficient (Wildman–Crippen LogP) is 0.620. The van der Waals surface area contributed by atoms with E-state index >= 15 is 0 Å². The molecule has 0 saturated heterocycles. The van der Waals surface area contributed by atoms with Crippen LogP contribution >= 0.6 is 22.6 Å². The maximum Gasteiger partial charge on any atom is 0.154 e. The summed E-state index contributed by atoms with van der Waals surface area (Å²) >= 11 is 2.11. The lowest BCUT2D eigenvalue weighted by Crippen LogP contribution is -2.00. The fourth-order valence-electron chi connectivity index (χ4n) is 1.05. The van der Waals surface area contributed by atoms with Crippen LogP contribution in [0.2, 0.25) is 0 Å². The third-order valence-corrected chi connectivity index (χ3v) is 2.33. The molecular formula is C6H6IN5. The molecule has 0 spiro atoms. The SMILES string of the molecule is Cc1nc(I)c2c(N)ncnn12. The second-order valence-electron chi connectivity index (χ2n) is 2.36. The van der Waals surface area contributed by atoms with Crippen molar-refractivity contribution in [3.05, 3.63) is 15.9 Å². The fraction of sp³-hybridized carbons (Fsp3) is 0.167. The Hall–Kier alpha value is -0.920. The second-order valence-corrected chi connectivity index (χ2v) is 3.38. The van der Waals surface area contributed by atoms with Crippen LogP contribution in [-0.2, 0) is 0 Å². The predicted molar refractivity (Wildman–Crippen MR) is 52.6 cm³/mol. The first-order chi connectivity index (χ1) is 5.70. The van der Waals surface area contributed by atoms with E-state index in [9.17, 15) is 0 Å². The van der Waals surface area contributed by atoms with Gasteiger partial charge in [0.05, 0.1) is 0 Å². The van der Waals surface area contributed by atoms with Crippen LogP contribution in [0.25, 0.3) is 5.52 Å². The Labute approximate surface area is 82.1 Å². The summed E-state index contributed by atoms with van der Waals surface area (Å²) in [6, 6.07) is 0. The number of anilines is 1. The summed E-state index contributed by atoms with van der Waals surface area (Å²) in [6.45, 7) is 1.88. The molecule has 0 unspecified atom stereocenters. The molecule has 0 amide bonds. The molecule has 2 aromatic rings. The number of nitrogen functional groups attached to an aromatic ring is 1. The number of imidazole rings is 1. The van der Waals surface area contributed by atoms with E-state index in [-0.39, 0.29) is 0 Å². The number of halogens is 1. The molecule has 6 heteroatoms. The van der Waals surface area contributed by atoms with Crippen molar-refractivity contribution in [1.82, 2.24) is 19.6 Å². The Morgan fingerprint density at radius 2 is 2.33 bits per heavy atom. The maximum atomic E-state index is 5.65. The van der Waals surface area contributed by atoms with Gasteiger partial charge in [0.25, 0.3) is 0 Å². The number of fused-ring (bicyclic) bond motifs is 1. The number of hydrogen-bond acceptors (Lipinski definition) is 4. The van der Waals surface area contributed by atoms with Crippen molar-refractivity contribution in [3.8, 4) is 0 Å². The second kappa shape index (κ2) is 2.54. The van der Waals surface area contributed by atoms with Crippen molar-refractivity contribution in [2.75, 3.05) is 5.73 Å². The zero-order valence-electron chi connectivity index (χ0n) is 6.32. The highest BCUT2D eigenvalue weighted by molar-refractivity contribution is 14.1. The van der Waals surface area contributed by atoms with Gasteiger partial charge in [-0.05, 0) is 29.5 Å². The number of nitrogens with zero attached hydrogens (tertiary/aromatic N) is 4. The topological polar surface area (TPSA) is 69.1 Å². The molecule has 0 bridgehead atoms. The maximum absolute atomic E-state index is 5.65. The summed E-state index contributed by atoms with van der Waals surface area (Å²) in [5.41, 5.74) is 6.44. The molecular weight excluding hydrogens is 269 g/mol. The van der Waals surface area contributed by atoms with Crippen LogP contribution in [0.15, 0.2) is 6.33 Å². The van der Waals surface area contributed by atoms with Gasteiger partial charge < -0.3 is 5.73 Å². The van der Waals surface area contributed by atoms with E-state index in [1.807, 2.05) is 6.92 Å². The van der Waals surface area contributed by atoms with E-state index < -0.39 is 0 Å². The van der Waals surface area contributed by atoms with Crippen LogP contribution in [0.5, 0.6) is 0 Å². The van der Waals surface area contributed by atoms with Crippen LogP contribution in [0.1, 0.15) is 5.82 Å². The highest BCUT2D eigenvalue weighted by Crippen LogP contribution is 2.17. The zero-order chi connectivity index (χ0) is 8.72. The summed E-state index contributed by atoms with van der Waals surface area (Å²) in [5, 5.41) is 4.02. The van der Waals surface area contributed by atoms with Crippen LogP contribution in [-0.4, -0.2) is 19.6 Å². The van der Waals surface area contributed by atoms with E-state index in [0.29, 0.717) is 5.82 Å². The Morgan fingerprint density at radius 3 is 3.00 bits per heavy atom. The van der Waals surface area contributed by atoms with E-state index in [4.69, 9.17) is 5.73 Å². The smallest absolute Gasteiger partial charge is 0.154 e. The van der Waals surface area contributed by atoms with E-state index in [1.54, 1.807) is 4.52 Å². The summed E-state index contributed by atoms with van der Waals surface area (Å²) in [6.07, 6.45) is 1.42. The molecule has 5 nitrogen and oxygen atoms in total. The first kappa shape index (κ1) is 7.71. The highest BCUT2D eigenvalue weighted by atomic mass is 127. The minimum Gasteiger partial charge on any atom is -0.382 e. The number of rotatable bonds is 0. The van der Waals surface area contributed by atoms with Crippen molar-refractivity contribution in [1.29, 1.82) is 0 Å². The van der Waals surface area contributed by atoms with Gasteiger partial charge >= 0.3 is 0 Å². The number of hydrogen-bond donors (Lipinski definition) is 1. The van der Waals surface area contributed by atoms with Gasteiger partial charge in [0.2, 0.25) is 0 Å². The molecule has 0 radical (unpaired) electrons. The molecule has 2 rings (SSSR count). The molecule has 0 aliphatic rings.